The Morgan fingerprint density at radius 1 is 0.566 bits per heavy atom. The number of phosphoric acid groups is 1. The van der Waals surface area contributed by atoms with Crippen molar-refractivity contribution in [3.63, 3.8) is 0 Å². The Kier molecular flexibility index (Phi) is 40.9. The van der Waals surface area contributed by atoms with E-state index in [4.69, 9.17) is 24.3 Å². The molecule has 312 valence electrons. The maximum atomic E-state index is 12.5. The van der Waals surface area contributed by atoms with Crippen LogP contribution in [0.3, 0.4) is 0 Å². The molecular weight excluding hydrogens is 685 g/mol. The van der Waals surface area contributed by atoms with Gasteiger partial charge in [0.2, 0.25) is 0 Å². The Hall–Kier alpha value is -1.28. The maximum absolute atomic E-state index is 12.5. The Morgan fingerprint density at radius 3 is 1.49 bits per heavy atom. The highest BCUT2D eigenvalue weighted by Gasteiger charge is 2.25. The summed E-state index contributed by atoms with van der Waals surface area (Å²) in [6.07, 6.45) is 47.4. The summed E-state index contributed by atoms with van der Waals surface area (Å²) >= 11 is 0. The second kappa shape index (κ2) is 41.9. The van der Waals surface area contributed by atoms with Crippen molar-refractivity contribution < 1.29 is 32.8 Å². The van der Waals surface area contributed by atoms with E-state index in [1.165, 1.54) is 135 Å². The van der Waals surface area contributed by atoms with Crippen LogP contribution in [-0.4, -0.2) is 49.9 Å². The number of hydrogen-bond donors (Lipinski definition) is 2. The zero-order valence-corrected chi connectivity index (χ0v) is 35.4. The molecule has 0 amide bonds. The molecule has 0 aliphatic heterocycles. The number of rotatable bonds is 42. The van der Waals surface area contributed by atoms with E-state index < -0.39 is 13.9 Å². The van der Waals surface area contributed by atoms with E-state index in [1.54, 1.807) is 0 Å². The van der Waals surface area contributed by atoms with Gasteiger partial charge in [-0.1, -0.05) is 179 Å². The number of carbonyl (C=O) groups excluding carboxylic acids is 1. The van der Waals surface area contributed by atoms with Gasteiger partial charge in [0.15, 0.2) is 0 Å². The van der Waals surface area contributed by atoms with Crippen LogP contribution in [0.4, 0.5) is 0 Å². The second-order valence-corrected chi connectivity index (χ2v) is 16.0. The molecule has 3 N–H and O–H groups in total. The smallest absolute Gasteiger partial charge is 0.457 e. The third-order valence-electron chi connectivity index (χ3n) is 9.31. The van der Waals surface area contributed by atoms with Gasteiger partial charge >= 0.3 is 13.8 Å². The fourth-order valence-electron chi connectivity index (χ4n) is 6.06. The topological polar surface area (TPSA) is 117 Å². The van der Waals surface area contributed by atoms with Crippen molar-refractivity contribution in [3.8, 4) is 0 Å². The zero-order chi connectivity index (χ0) is 38.8. The number of hydrogen-bond acceptors (Lipinski definition) is 7. The van der Waals surface area contributed by atoms with Crippen LogP contribution in [-0.2, 0) is 27.9 Å². The van der Waals surface area contributed by atoms with Crippen LogP contribution >= 0.6 is 7.82 Å². The number of phosphoric ester groups is 1. The molecule has 0 fully saturated rings. The molecule has 0 saturated heterocycles. The lowest BCUT2D eigenvalue weighted by Crippen LogP contribution is -2.28. The van der Waals surface area contributed by atoms with E-state index >= 15 is 0 Å². The molecule has 0 rings (SSSR count). The number of esters is 1. The van der Waals surface area contributed by atoms with Crippen LogP contribution in [0.15, 0.2) is 36.5 Å². The van der Waals surface area contributed by atoms with Crippen LogP contribution in [0.5, 0.6) is 0 Å². The number of nitrogens with two attached hydrogens (primary N) is 1. The first-order valence-corrected chi connectivity index (χ1v) is 23.5. The average molecular weight is 770 g/mol. The lowest BCUT2D eigenvalue weighted by atomic mass is 10.1. The Bertz CT molecular complexity index is 910. The predicted octanol–water partition coefficient (Wildman–Crippen LogP) is 13.0. The minimum absolute atomic E-state index is 0.0959. The summed E-state index contributed by atoms with van der Waals surface area (Å²) in [6.45, 7) is 4.90. The first-order valence-electron chi connectivity index (χ1n) is 22.0. The van der Waals surface area contributed by atoms with Crippen LogP contribution < -0.4 is 5.73 Å². The van der Waals surface area contributed by atoms with Crippen LogP contribution in [0, 0.1) is 0 Å². The highest BCUT2D eigenvalue weighted by atomic mass is 31.2. The Morgan fingerprint density at radius 2 is 1.00 bits per heavy atom. The Labute approximate surface area is 327 Å². The van der Waals surface area contributed by atoms with E-state index in [0.29, 0.717) is 13.0 Å². The van der Waals surface area contributed by atoms with Crippen LogP contribution in [0.2, 0.25) is 0 Å². The summed E-state index contributed by atoms with van der Waals surface area (Å²) in [4.78, 5) is 22.4. The van der Waals surface area contributed by atoms with E-state index in [-0.39, 0.29) is 32.3 Å². The molecule has 0 aromatic heterocycles. The standard InChI is InChI=1S/C44H84NO7P/c1-3-5-7-9-11-13-15-16-17-18-19-20-21-22-23-24-25-26-27-28-30-32-34-36-39-49-41-43(42-51-53(47,48)50-40-38-45)52-44(46)37-35-33-31-29-14-12-10-8-6-4-2/h15-16,18-19,21-22,43H,3-14,17,20,23-42,45H2,1-2H3,(H,47,48)/b16-15-,19-18-,22-21-. The molecule has 0 aliphatic rings. The maximum Gasteiger partial charge on any atom is 0.472 e. The first kappa shape index (κ1) is 51.7. The monoisotopic (exact) mass is 770 g/mol. The largest absolute Gasteiger partial charge is 0.472 e. The van der Waals surface area contributed by atoms with Gasteiger partial charge in [-0.25, -0.2) is 4.57 Å². The van der Waals surface area contributed by atoms with Gasteiger partial charge in [-0.05, 0) is 51.4 Å². The SMILES string of the molecule is CCCCCCC/C=C\C/C=C\C/C=C\CCCCCCCCCCCOCC(COP(=O)(O)OCCN)OC(=O)CCCCCCCCCCCC. The zero-order valence-electron chi connectivity index (χ0n) is 34.5. The van der Waals surface area contributed by atoms with Gasteiger partial charge in [-0.3, -0.25) is 13.8 Å². The average Bonchev–Trinajstić information content (AvgIpc) is 3.15. The second-order valence-electron chi connectivity index (χ2n) is 14.6. The van der Waals surface area contributed by atoms with E-state index in [2.05, 4.69) is 50.3 Å². The van der Waals surface area contributed by atoms with Crippen molar-refractivity contribution in [1.29, 1.82) is 0 Å². The van der Waals surface area contributed by atoms with Gasteiger partial charge < -0.3 is 20.1 Å². The summed E-state index contributed by atoms with van der Waals surface area (Å²) in [6, 6.07) is 0. The van der Waals surface area contributed by atoms with Crippen LogP contribution in [0.25, 0.3) is 0 Å². The molecule has 2 atom stereocenters. The molecule has 0 saturated carbocycles. The molecule has 0 aliphatic carbocycles. The van der Waals surface area contributed by atoms with Crippen molar-refractivity contribution in [2.75, 3.05) is 33.0 Å². The molecule has 9 heteroatoms. The lowest BCUT2D eigenvalue weighted by Gasteiger charge is -2.20. The minimum Gasteiger partial charge on any atom is -0.457 e. The van der Waals surface area contributed by atoms with Crippen molar-refractivity contribution >= 4 is 13.8 Å². The molecule has 53 heavy (non-hydrogen) atoms. The van der Waals surface area contributed by atoms with Gasteiger partial charge in [0.1, 0.15) is 6.10 Å². The van der Waals surface area contributed by atoms with E-state index in [1.807, 2.05) is 0 Å². The summed E-state index contributed by atoms with van der Waals surface area (Å²) < 4.78 is 33.4. The fraction of sp³-hybridized carbons (Fsp3) is 0.841. The molecule has 0 aromatic carbocycles. The van der Waals surface area contributed by atoms with E-state index in [9.17, 15) is 14.3 Å². The van der Waals surface area contributed by atoms with Gasteiger partial charge in [-0.15, -0.1) is 0 Å². The third-order valence-corrected chi connectivity index (χ3v) is 10.3. The highest BCUT2D eigenvalue weighted by molar-refractivity contribution is 7.47. The number of carbonyl (C=O) groups is 1. The highest BCUT2D eigenvalue weighted by Crippen LogP contribution is 2.43. The fourth-order valence-corrected chi connectivity index (χ4v) is 6.83. The van der Waals surface area contributed by atoms with Crippen molar-refractivity contribution in [2.24, 2.45) is 5.73 Å². The van der Waals surface area contributed by atoms with Crippen molar-refractivity contribution in [3.05, 3.63) is 36.5 Å². The molecule has 0 aromatic rings. The number of allylic oxidation sites excluding steroid dienone is 6. The lowest BCUT2D eigenvalue weighted by molar-refractivity contribution is -0.154. The van der Waals surface area contributed by atoms with Gasteiger partial charge in [0.05, 0.1) is 19.8 Å². The van der Waals surface area contributed by atoms with Gasteiger partial charge in [-0.2, -0.15) is 0 Å². The molecular formula is C44H84NO7P. The summed E-state index contributed by atoms with van der Waals surface area (Å²) in [7, 11) is -4.27. The predicted molar refractivity (Wildman–Crippen MR) is 224 cm³/mol. The number of ether oxygens (including phenoxy) is 2. The molecule has 8 nitrogen and oxygen atoms in total. The Balaban J connectivity index is 3.93. The normalized spacial score (nSPS) is 13.8. The summed E-state index contributed by atoms with van der Waals surface area (Å²) in [5.74, 6) is -0.334. The first-order chi connectivity index (χ1) is 25.9. The molecule has 0 heterocycles. The quantitative estimate of drug-likeness (QED) is 0.0273. The summed E-state index contributed by atoms with van der Waals surface area (Å²) in [5.41, 5.74) is 5.36. The van der Waals surface area contributed by atoms with Crippen molar-refractivity contribution in [2.45, 2.75) is 206 Å². The molecule has 0 bridgehead atoms. The molecule has 0 radical (unpaired) electrons. The van der Waals surface area contributed by atoms with Gasteiger partial charge in [0, 0.05) is 19.6 Å². The molecule has 0 spiro atoms. The third kappa shape index (κ3) is 41.7. The summed E-state index contributed by atoms with van der Waals surface area (Å²) in [5, 5.41) is 0. The van der Waals surface area contributed by atoms with Gasteiger partial charge in [0.25, 0.3) is 0 Å². The van der Waals surface area contributed by atoms with Crippen LogP contribution in [0.1, 0.15) is 200 Å². The minimum atomic E-state index is -4.27. The van der Waals surface area contributed by atoms with E-state index in [0.717, 1.165) is 44.9 Å². The number of unbranched alkanes of at least 4 members (excludes halogenated alkanes) is 23. The molecule has 2 unspecified atom stereocenters. The van der Waals surface area contributed by atoms with Crippen molar-refractivity contribution in [1.82, 2.24) is 0 Å².